The molecule has 6 rings (SSSR count). The zero-order valence-electron chi connectivity index (χ0n) is 21.9. The Morgan fingerprint density at radius 3 is 2.76 bits per heavy atom. The molecular weight excluding hydrogens is 537 g/mol. The molecule has 1 aliphatic carbocycles. The lowest BCUT2D eigenvalue weighted by molar-refractivity contribution is -0.137. The number of pyridine rings is 1. The number of ether oxygens (including phenoxy) is 1. The van der Waals surface area contributed by atoms with Crippen molar-refractivity contribution in [2.45, 2.75) is 38.0 Å². The van der Waals surface area contributed by atoms with Crippen molar-refractivity contribution in [1.82, 2.24) is 29.5 Å². The molecule has 1 amide bonds. The molecule has 0 aliphatic heterocycles. The van der Waals surface area contributed by atoms with Crippen LogP contribution in [-0.4, -0.2) is 42.6 Å². The number of imidazole rings is 1. The Bertz CT molecular complexity index is 1740. The first-order valence-corrected chi connectivity index (χ1v) is 12.8. The van der Waals surface area contributed by atoms with Crippen molar-refractivity contribution in [3.8, 4) is 11.3 Å². The van der Waals surface area contributed by atoms with Crippen molar-refractivity contribution < 1.29 is 22.7 Å². The maximum atomic E-state index is 13.0. The Labute approximate surface area is 231 Å². The summed E-state index contributed by atoms with van der Waals surface area (Å²) in [4.78, 5) is 25.9. The number of benzene rings is 1. The lowest BCUT2D eigenvalue weighted by atomic mass is 9.86. The van der Waals surface area contributed by atoms with E-state index in [2.05, 4.69) is 25.5 Å². The van der Waals surface area contributed by atoms with Gasteiger partial charge in [0.25, 0.3) is 5.91 Å². The van der Waals surface area contributed by atoms with Crippen LogP contribution in [0.5, 0.6) is 0 Å². The van der Waals surface area contributed by atoms with Gasteiger partial charge in [-0.25, -0.2) is 15.0 Å². The summed E-state index contributed by atoms with van der Waals surface area (Å²) in [6.07, 6.45) is 2.36. The second-order valence-electron chi connectivity index (χ2n) is 9.81. The van der Waals surface area contributed by atoms with Gasteiger partial charge in [0.05, 0.1) is 17.9 Å². The first kappa shape index (κ1) is 26.4. The number of amides is 1. The molecule has 0 bridgehead atoms. The van der Waals surface area contributed by atoms with Gasteiger partial charge in [-0.15, -0.1) is 0 Å². The summed E-state index contributed by atoms with van der Waals surface area (Å²) < 4.78 is 46.3. The number of halogens is 3. The standard InChI is InChI=1S/C28H25F3N8O2/c1-41-14-21-19-12-17(6-7-20(19)37-38-21)26-36-23(24-25(32)34-10-11-39(24)26)15-2-4-16(5-3-15)27(40)35-22-13-18(8-9-33-22)28(29,30)31/h2-5,8-11,13,17H,6-7,12,14H2,1H3,(H2,32,34)(H,37,38)(H,33,35,40). The van der Waals surface area contributed by atoms with Crippen LogP contribution in [0.3, 0.4) is 0 Å². The first-order valence-electron chi connectivity index (χ1n) is 12.8. The smallest absolute Gasteiger partial charge is 0.382 e. The predicted molar refractivity (Wildman–Crippen MR) is 144 cm³/mol. The molecule has 1 aromatic carbocycles. The third kappa shape index (κ3) is 4.99. The number of nitrogens with zero attached hydrogens (tertiary/aromatic N) is 5. The van der Waals surface area contributed by atoms with Crippen molar-refractivity contribution in [2.24, 2.45) is 0 Å². The fraction of sp³-hybridized carbons (Fsp3) is 0.250. The van der Waals surface area contributed by atoms with Crippen LogP contribution in [0.4, 0.5) is 24.8 Å². The molecule has 0 saturated carbocycles. The number of H-pyrrole nitrogens is 1. The van der Waals surface area contributed by atoms with Crippen LogP contribution >= 0.6 is 0 Å². The number of methoxy groups -OCH3 is 1. The highest BCUT2D eigenvalue weighted by atomic mass is 19.4. The Morgan fingerprint density at radius 1 is 1.20 bits per heavy atom. The maximum absolute atomic E-state index is 13.0. The van der Waals surface area contributed by atoms with Crippen molar-refractivity contribution in [3.05, 3.63) is 88.9 Å². The molecule has 0 spiro atoms. The molecule has 41 heavy (non-hydrogen) atoms. The number of rotatable bonds is 6. The van der Waals surface area contributed by atoms with Crippen molar-refractivity contribution in [1.29, 1.82) is 0 Å². The molecular formula is C28H25F3N8O2. The number of aromatic nitrogens is 6. The molecule has 10 nitrogen and oxygen atoms in total. The van der Waals surface area contributed by atoms with Gasteiger partial charge in [0.1, 0.15) is 28.7 Å². The third-order valence-corrected chi connectivity index (χ3v) is 7.24. The van der Waals surface area contributed by atoms with Crippen LogP contribution < -0.4 is 11.1 Å². The van der Waals surface area contributed by atoms with E-state index in [0.29, 0.717) is 29.2 Å². The lowest BCUT2D eigenvalue weighted by Gasteiger charge is -2.21. The fourth-order valence-corrected chi connectivity index (χ4v) is 5.25. The van der Waals surface area contributed by atoms with E-state index in [0.717, 1.165) is 60.4 Å². The number of hydrogen-bond acceptors (Lipinski definition) is 7. The topological polar surface area (TPSA) is 136 Å². The van der Waals surface area contributed by atoms with Crippen molar-refractivity contribution in [3.63, 3.8) is 0 Å². The van der Waals surface area contributed by atoms with E-state index < -0.39 is 17.6 Å². The van der Waals surface area contributed by atoms with E-state index >= 15 is 0 Å². The van der Waals surface area contributed by atoms with Gasteiger partial charge in [0, 0.05) is 48.4 Å². The number of fused-ring (bicyclic) bond motifs is 2. The molecule has 210 valence electrons. The largest absolute Gasteiger partial charge is 0.416 e. The number of carbonyl (C=O) groups excluding carboxylic acids is 1. The molecule has 0 radical (unpaired) electrons. The van der Waals surface area contributed by atoms with E-state index in [9.17, 15) is 18.0 Å². The molecule has 4 heterocycles. The van der Waals surface area contributed by atoms with E-state index in [1.807, 2.05) is 10.6 Å². The average Bonchev–Trinajstić information content (AvgIpc) is 3.55. The van der Waals surface area contributed by atoms with Crippen LogP contribution in [0.2, 0.25) is 0 Å². The summed E-state index contributed by atoms with van der Waals surface area (Å²) in [6, 6.07) is 8.22. The molecule has 1 aliphatic rings. The number of alkyl halides is 3. The Kier molecular flexibility index (Phi) is 6.66. The zero-order chi connectivity index (χ0) is 28.7. The second kappa shape index (κ2) is 10.3. The van der Waals surface area contributed by atoms with E-state index in [4.69, 9.17) is 15.5 Å². The highest BCUT2D eigenvalue weighted by Crippen LogP contribution is 2.37. The monoisotopic (exact) mass is 562 g/mol. The summed E-state index contributed by atoms with van der Waals surface area (Å²) in [6.45, 7) is 0.423. The number of aryl methyl sites for hydroxylation is 1. The van der Waals surface area contributed by atoms with Gasteiger partial charge >= 0.3 is 6.18 Å². The quantitative estimate of drug-likeness (QED) is 0.271. The first-order chi connectivity index (χ1) is 19.7. The van der Waals surface area contributed by atoms with Gasteiger partial charge in [-0.1, -0.05) is 12.1 Å². The SMILES string of the molecule is COCc1n[nH]c2c1CC(c1nc(-c3ccc(C(=O)Nc4cc(C(F)(F)F)ccn4)cc3)c3c(N)nccn13)CC2. The number of nitrogen functional groups attached to an aromatic ring is 1. The van der Waals surface area contributed by atoms with Gasteiger partial charge in [-0.3, -0.25) is 14.3 Å². The molecule has 4 aromatic heterocycles. The fourth-order valence-electron chi connectivity index (χ4n) is 5.25. The lowest BCUT2D eigenvalue weighted by Crippen LogP contribution is -2.16. The summed E-state index contributed by atoms with van der Waals surface area (Å²) in [7, 11) is 1.64. The number of aromatic amines is 1. The van der Waals surface area contributed by atoms with Crippen LogP contribution in [0.15, 0.2) is 55.0 Å². The average molecular weight is 563 g/mol. The number of anilines is 2. The Morgan fingerprint density at radius 2 is 2.00 bits per heavy atom. The molecule has 0 fully saturated rings. The number of carbonyl (C=O) groups is 1. The minimum atomic E-state index is -4.54. The summed E-state index contributed by atoms with van der Waals surface area (Å²) in [5, 5.41) is 9.96. The van der Waals surface area contributed by atoms with E-state index in [1.165, 1.54) is 0 Å². The minimum absolute atomic E-state index is 0.101. The maximum Gasteiger partial charge on any atom is 0.416 e. The van der Waals surface area contributed by atoms with Gasteiger partial charge in [0.2, 0.25) is 0 Å². The zero-order valence-corrected chi connectivity index (χ0v) is 21.9. The molecule has 1 unspecified atom stereocenters. The molecule has 13 heteroatoms. The van der Waals surface area contributed by atoms with E-state index in [-0.39, 0.29) is 17.3 Å². The molecule has 5 aromatic rings. The minimum Gasteiger partial charge on any atom is -0.382 e. The number of nitrogens with two attached hydrogens (primary N) is 1. The molecule has 1 atom stereocenters. The third-order valence-electron chi connectivity index (χ3n) is 7.24. The van der Waals surface area contributed by atoms with Crippen LogP contribution in [0.1, 0.15) is 51.0 Å². The summed E-state index contributed by atoms with van der Waals surface area (Å²) in [5.41, 5.74) is 10.8. The normalized spacial score (nSPS) is 15.2. The Balaban J connectivity index is 1.29. The van der Waals surface area contributed by atoms with E-state index in [1.54, 1.807) is 37.6 Å². The summed E-state index contributed by atoms with van der Waals surface area (Å²) >= 11 is 0. The Hall–Kier alpha value is -4.78. The van der Waals surface area contributed by atoms with Gasteiger partial charge in [-0.2, -0.15) is 18.3 Å². The highest BCUT2D eigenvalue weighted by Gasteiger charge is 2.31. The molecule has 4 N–H and O–H groups in total. The van der Waals surface area contributed by atoms with Crippen molar-refractivity contribution >= 4 is 23.1 Å². The van der Waals surface area contributed by atoms with Crippen molar-refractivity contribution in [2.75, 3.05) is 18.2 Å². The number of nitrogens with one attached hydrogen (secondary N) is 2. The van der Waals surface area contributed by atoms with Gasteiger partial charge < -0.3 is 15.8 Å². The second-order valence-corrected chi connectivity index (χ2v) is 9.81. The van der Waals surface area contributed by atoms with Gasteiger partial charge in [-0.05, 0) is 49.1 Å². The van der Waals surface area contributed by atoms with Gasteiger partial charge in [0.15, 0.2) is 0 Å². The number of hydrogen-bond donors (Lipinski definition) is 3. The highest BCUT2D eigenvalue weighted by molar-refractivity contribution is 6.04. The van der Waals surface area contributed by atoms with Crippen LogP contribution in [-0.2, 0) is 30.4 Å². The molecule has 0 saturated heterocycles. The summed E-state index contributed by atoms with van der Waals surface area (Å²) in [5.74, 6) is 0.475. The predicted octanol–water partition coefficient (Wildman–Crippen LogP) is 4.79. The van der Waals surface area contributed by atoms with Crippen LogP contribution in [0.25, 0.3) is 16.8 Å². The van der Waals surface area contributed by atoms with Crippen LogP contribution in [0, 0.1) is 0 Å².